The second-order valence-electron chi connectivity index (χ2n) is 5.23. The molecule has 0 radical (unpaired) electrons. The van der Waals surface area contributed by atoms with E-state index in [1.165, 1.54) is 5.56 Å². The van der Waals surface area contributed by atoms with Crippen LogP contribution in [0.2, 0.25) is 0 Å². The first kappa shape index (κ1) is 13.9. The van der Waals surface area contributed by atoms with Gasteiger partial charge in [-0.25, -0.2) is 4.79 Å². The van der Waals surface area contributed by atoms with Gasteiger partial charge in [-0.05, 0) is 65.2 Å². The van der Waals surface area contributed by atoms with Crippen LogP contribution in [0, 0.1) is 6.92 Å². The number of rotatable bonds is 3. The molecule has 0 aliphatic heterocycles. The zero-order chi connectivity index (χ0) is 15.0. The number of imidazole rings is 1. The molecule has 0 saturated heterocycles. The van der Waals surface area contributed by atoms with E-state index in [4.69, 9.17) is 0 Å². The Kier molecular flexibility index (Phi) is 3.59. The van der Waals surface area contributed by atoms with Crippen molar-refractivity contribution in [3.8, 4) is 0 Å². The molecule has 1 heterocycles. The number of aromatic amines is 2. The number of anilines is 1. The summed E-state index contributed by atoms with van der Waals surface area (Å²) >= 11 is 3.56. The molecule has 1 aromatic heterocycles. The van der Waals surface area contributed by atoms with E-state index in [0.717, 1.165) is 26.8 Å². The number of aryl methyl sites for hydroxylation is 1. The molecular weight excluding hydrogens is 330 g/mol. The first-order chi connectivity index (χ1) is 10.0. The Balaban J connectivity index is 1.90. The Morgan fingerprint density at radius 3 is 2.67 bits per heavy atom. The number of H-pyrrole nitrogens is 2. The lowest BCUT2D eigenvalue weighted by Gasteiger charge is -2.17. The maximum Gasteiger partial charge on any atom is 0.323 e. The van der Waals surface area contributed by atoms with Crippen LogP contribution in [0.1, 0.15) is 24.1 Å². The van der Waals surface area contributed by atoms with Crippen LogP contribution in [-0.4, -0.2) is 9.97 Å². The van der Waals surface area contributed by atoms with Crippen LogP contribution in [0.15, 0.2) is 45.7 Å². The van der Waals surface area contributed by atoms with Gasteiger partial charge >= 0.3 is 5.69 Å². The van der Waals surface area contributed by atoms with Crippen molar-refractivity contribution in [3.63, 3.8) is 0 Å². The molecule has 1 atom stereocenters. The van der Waals surface area contributed by atoms with Gasteiger partial charge in [0.1, 0.15) is 0 Å². The van der Waals surface area contributed by atoms with E-state index >= 15 is 0 Å². The van der Waals surface area contributed by atoms with Gasteiger partial charge in [-0.2, -0.15) is 0 Å². The molecule has 0 saturated carbocycles. The predicted molar refractivity (Wildman–Crippen MR) is 89.8 cm³/mol. The molecule has 0 bridgehead atoms. The largest absolute Gasteiger partial charge is 0.378 e. The number of aromatic nitrogens is 2. The Morgan fingerprint density at radius 1 is 1.10 bits per heavy atom. The SMILES string of the molecule is Cc1ccc(Br)c(NC(C)c2ccc3[nH]c(=O)[nH]c3c2)c1. The minimum absolute atomic E-state index is 0.130. The van der Waals surface area contributed by atoms with Gasteiger partial charge in [0.25, 0.3) is 0 Å². The highest BCUT2D eigenvalue weighted by Crippen LogP contribution is 2.28. The summed E-state index contributed by atoms with van der Waals surface area (Å²) in [7, 11) is 0. The van der Waals surface area contributed by atoms with Gasteiger partial charge in [-0.3, -0.25) is 0 Å². The molecule has 3 aromatic rings. The summed E-state index contributed by atoms with van der Waals surface area (Å²) in [5, 5.41) is 3.49. The van der Waals surface area contributed by atoms with Gasteiger partial charge < -0.3 is 15.3 Å². The summed E-state index contributed by atoms with van der Waals surface area (Å²) in [6.45, 7) is 4.17. The summed E-state index contributed by atoms with van der Waals surface area (Å²) in [6, 6.07) is 12.3. The third-order valence-corrected chi connectivity index (χ3v) is 4.23. The highest BCUT2D eigenvalue weighted by Gasteiger charge is 2.09. The maximum atomic E-state index is 11.3. The van der Waals surface area contributed by atoms with Gasteiger partial charge in [-0.15, -0.1) is 0 Å². The van der Waals surface area contributed by atoms with E-state index in [1.807, 2.05) is 24.3 Å². The number of nitrogens with one attached hydrogen (secondary N) is 3. The molecular formula is C16H16BrN3O. The fraction of sp³-hybridized carbons (Fsp3) is 0.188. The molecule has 3 N–H and O–H groups in total. The highest BCUT2D eigenvalue weighted by molar-refractivity contribution is 9.10. The van der Waals surface area contributed by atoms with E-state index in [1.54, 1.807) is 0 Å². The third-order valence-electron chi connectivity index (χ3n) is 3.53. The van der Waals surface area contributed by atoms with Crippen LogP contribution in [-0.2, 0) is 0 Å². The van der Waals surface area contributed by atoms with Crippen LogP contribution >= 0.6 is 15.9 Å². The Labute approximate surface area is 130 Å². The minimum atomic E-state index is -0.177. The third kappa shape index (κ3) is 2.88. The summed E-state index contributed by atoms with van der Waals surface area (Å²) in [5.41, 5.74) is 4.86. The van der Waals surface area contributed by atoms with E-state index < -0.39 is 0 Å². The average molecular weight is 346 g/mol. The maximum absolute atomic E-state index is 11.3. The molecule has 21 heavy (non-hydrogen) atoms. The van der Waals surface area contributed by atoms with E-state index in [-0.39, 0.29) is 11.7 Å². The van der Waals surface area contributed by atoms with Crippen LogP contribution < -0.4 is 11.0 Å². The van der Waals surface area contributed by atoms with Crippen LogP contribution in [0.3, 0.4) is 0 Å². The fourth-order valence-corrected chi connectivity index (χ4v) is 2.75. The van der Waals surface area contributed by atoms with Gasteiger partial charge in [0, 0.05) is 16.2 Å². The normalized spacial score (nSPS) is 12.5. The smallest absolute Gasteiger partial charge is 0.323 e. The molecule has 2 aromatic carbocycles. The van der Waals surface area contributed by atoms with Crippen molar-refractivity contribution < 1.29 is 0 Å². The van der Waals surface area contributed by atoms with Crippen molar-refractivity contribution in [3.05, 3.63) is 62.5 Å². The van der Waals surface area contributed by atoms with Crippen molar-refractivity contribution in [1.82, 2.24) is 9.97 Å². The second-order valence-corrected chi connectivity index (χ2v) is 6.09. The van der Waals surface area contributed by atoms with E-state index in [0.29, 0.717) is 0 Å². The van der Waals surface area contributed by atoms with Gasteiger partial charge in [0.2, 0.25) is 0 Å². The fourth-order valence-electron chi connectivity index (χ4n) is 2.39. The summed E-state index contributed by atoms with van der Waals surface area (Å²) in [4.78, 5) is 16.9. The van der Waals surface area contributed by atoms with Gasteiger partial charge in [0.15, 0.2) is 0 Å². The Bertz CT molecular complexity index is 850. The zero-order valence-electron chi connectivity index (χ0n) is 11.8. The lowest BCUT2D eigenvalue weighted by molar-refractivity contribution is 0.885. The number of fused-ring (bicyclic) bond motifs is 1. The van der Waals surface area contributed by atoms with Crippen molar-refractivity contribution in [2.24, 2.45) is 0 Å². The Morgan fingerprint density at radius 2 is 1.86 bits per heavy atom. The van der Waals surface area contributed by atoms with Gasteiger partial charge in [-0.1, -0.05) is 12.1 Å². The van der Waals surface area contributed by atoms with Crippen LogP contribution in [0.5, 0.6) is 0 Å². The topological polar surface area (TPSA) is 60.7 Å². The van der Waals surface area contributed by atoms with Crippen molar-refractivity contribution in [1.29, 1.82) is 0 Å². The molecule has 1 unspecified atom stereocenters. The first-order valence-corrected chi connectivity index (χ1v) is 7.57. The zero-order valence-corrected chi connectivity index (χ0v) is 13.4. The monoisotopic (exact) mass is 345 g/mol. The first-order valence-electron chi connectivity index (χ1n) is 6.77. The molecule has 5 heteroatoms. The molecule has 0 amide bonds. The molecule has 3 rings (SSSR count). The standard InChI is InChI=1S/C16H16BrN3O/c1-9-3-5-12(17)14(7-9)18-10(2)11-4-6-13-15(8-11)20-16(21)19-13/h3-8,10,18H,1-2H3,(H2,19,20,21). The molecule has 0 fully saturated rings. The molecule has 0 spiro atoms. The van der Waals surface area contributed by atoms with Crippen molar-refractivity contribution in [2.45, 2.75) is 19.9 Å². The van der Waals surface area contributed by atoms with E-state index in [9.17, 15) is 4.79 Å². The van der Waals surface area contributed by atoms with Crippen LogP contribution in [0.25, 0.3) is 11.0 Å². The lowest BCUT2D eigenvalue weighted by Crippen LogP contribution is -2.07. The molecule has 4 nitrogen and oxygen atoms in total. The molecule has 108 valence electrons. The second kappa shape index (κ2) is 5.41. The average Bonchev–Trinajstić information content (AvgIpc) is 2.81. The number of benzene rings is 2. The Hall–Kier alpha value is -2.01. The van der Waals surface area contributed by atoms with E-state index in [2.05, 4.69) is 57.2 Å². The summed E-state index contributed by atoms with van der Waals surface area (Å²) < 4.78 is 1.04. The quantitative estimate of drug-likeness (QED) is 0.669. The summed E-state index contributed by atoms with van der Waals surface area (Å²) in [6.07, 6.45) is 0. The van der Waals surface area contributed by atoms with Crippen molar-refractivity contribution >= 4 is 32.7 Å². The number of halogens is 1. The molecule has 0 aliphatic carbocycles. The van der Waals surface area contributed by atoms with Gasteiger partial charge in [0.05, 0.1) is 11.0 Å². The predicted octanol–water partition coefficient (Wildman–Crippen LogP) is 4.10. The molecule has 0 aliphatic rings. The van der Waals surface area contributed by atoms with Crippen molar-refractivity contribution in [2.75, 3.05) is 5.32 Å². The summed E-state index contributed by atoms with van der Waals surface area (Å²) in [5.74, 6) is 0. The highest BCUT2D eigenvalue weighted by atomic mass is 79.9. The number of hydrogen-bond acceptors (Lipinski definition) is 2. The van der Waals surface area contributed by atoms with Crippen LogP contribution in [0.4, 0.5) is 5.69 Å². The lowest BCUT2D eigenvalue weighted by atomic mass is 10.1. The minimum Gasteiger partial charge on any atom is -0.378 e. The number of hydrogen-bond donors (Lipinski definition) is 3.